The first-order valence-electron chi connectivity index (χ1n) is 9.21. The van der Waals surface area contributed by atoms with E-state index in [1.807, 2.05) is 61.7 Å². The molecule has 146 valence electrons. The molecule has 1 heterocycles. The highest BCUT2D eigenvalue weighted by Gasteiger charge is 2.06. The third-order valence-corrected chi connectivity index (χ3v) is 4.52. The average molecular weight is 379 g/mol. The summed E-state index contributed by atoms with van der Waals surface area (Å²) in [4.78, 5) is 12.0. The molecule has 0 saturated carbocycles. The highest BCUT2D eigenvalue weighted by atomic mass is 16.5. The molecule has 0 radical (unpaired) electrons. The summed E-state index contributed by atoms with van der Waals surface area (Å²) in [6.07, 6.45) is 2.16. The largest absolute Gasteiger partial charge is 0.497 e. The number of hydrogen-bond donors (Lipinski definition) is 1. The Morgan fingerprint density at radius 3 is 2.50 bits per heavy atom. The fourth-order valence-electron chi connectivity index (χ4n) is 2.68. The normalized spacial score (nSPS) is 10.5. The number of amides is 1. The van der Waals surface area contributed by atoms with Crippen molar-refractivity contribution >= 4 is 5.91 Å². The van der Waals surface area contributed by atoms with Gasteiger partial charge in [-0.2, -0.15) is 5.10 Å². The summed E-state index contributed by atoms with van der Waals surface area (Å²) >= 11 is 0. The van der Waals surface area contributed by atoms with Crippen LogP contribution in [0.15, 0.2) is 54.7 Å². The Morgan fingerprint density at radius 1 is 1.04 bits per heavy atom. The van der Waals surface area contributed by atoms with Gasteiger partial charge < -0.3 is 14.8 Å². The molecule has 1 amide bonds. The molecule has 2 aromatic carbocycles. The molecular weight excluding hydrogens is 354 g/mol. The van der Waals surface area contributed by atoms with Crippen molar-refractivity contribution in [2.45, 2.75) is 26.8 Å². The van der Waals surface area contributed by atoms with E-state index in [2.05, 4.69) is 17.3 Å². The summed E-state index contributed by atoms with van der Waals surface area (Å²) in [5.41, 5.74) is 4.12. The van der Waals surface area contributed by atoms with Gasteiger partial charge >= 0.3 is 0 Å². The minimum atomic E-state index is -0.0668. The van der Waals surface area contributed by atoms with Crippen LogP contribution in [0.25, 0.3) is 5.69 Å². The SMILES string of the molecule is COc1ccc(-n2ccc(CNC(=O)CCOc3ccc(C)c(C)c3)n2)cc1. The van der Waals surface area contributed by atoms with Gasteiger partial charge in [-0.15, -0.1) is 0 Å². The number of aryl methyl sites for hydroxylation is 2. The first kappa shape index (κ1) is 19.5. The molecule has 0 spiro atoms. The Kier molecular flexibility index (Phi) is 6.32. The van der Waals surface area contributed by atoms with Crippen LogP contribution in [0.1, 0.15) is 23.2 Å². The molecule has 0 aliphatic carbocycles. The van der Waals surface area contributed by atoms with Gasteiger partial charge in [-0.25, -0.2) is 4.68 Å². The first-order valence-corrected chi connectivity index (χ1v) is 9.21. The van der Waals surface area contributed by atoms with E-state index in [-0.39, 0.29) is 5.91 Å². The van der Waals surface area contributed by atoms with E-state index in [1.54, 1.807) is 11.8 Å². The number of aromatic nitrogens is 2. The minimum Gasteiger partial charge on any atom is -0.497 e. The molecule has 0 aliphatic rings. The van der Waals surface area contributed by atoms with Gasteiger partial charge in [-0.1, -0.05) is 6.07 Å². The van der Waals surface area contributed by atoms with Crippen LogP contribution in [-0.4, -0.2) is 29.4 Å². The fourth-order valence-corrected chi connectivity index (χ4v) is 2.68. The molecule has 6 nitrogen and oxygen atoms in total. The van der Waals surface area contributed by atoms with Crippen molar-refractivity contribution < 1.29 is 14.3 Å². The Balaban J connectivity index is 1.44. The molecule has 3 aromatic rings. The maximum absolute atomic E-state index is 12.0. The fraction of sp³-hybridized carbons (Fsp3) is 0.273. The predicted octanol–water partition coefficient (Wildman–Crippen LogP) is 3.58. The van der Waals surface area contributed by atoms with Gasteiger partial charge in [-0.3, -0.25) is 4.79 Å². The van der Waals surface area contributed by atoms with Crippen LogP contribution in [0.3, 0.4) is 0 Å². The van der Waals surface area contributed by atoms with E-state index >= 15 is 0 Å². The third-order valence-electron chi connectivity index (χ3n) is 4.52. The molecule has 0 aliphatic heterocycles. The van der Waals surface area contributed by atoms with Gasteiger partial charge in [0.15, 0.2) is 0 Å². The van der Waals surface area contributed by atoms with Crippen LogP contribution in [0.2, 0.25) is 0 Å². The summed E-state index contributed by atoms with van der Waals surface area (Å²) in [6, 6.07) is 15.4. The second-order valence-electron chi connectivity index (χ2n) is 6.57. The van der Waals surface area contributed by atoms with Crippen molar-refractivity contribution in [1.29, 1.82) is 0 Å². The van der Waals surface area contributed by atoms with Crippen LogP contribution in [0.4, 0.5) is 0 Å². The lowest BCUT2D eigenvalue weighted by atomic mass is 10.1. The Hall–Kier alpha value is -3.28. The van der Waals surface area contributed by atoms with E-state index in [0.717, 1.165) is 22.9 Å². The Labute approximate surface area is 165 Å². The zero-order valence-corrected chi connectivity index (χ0v) is 16.4. The molecule has 6 heteroatoms. The number of benzene rings is 2. The maximum Gasteiger partial charge on any atom is 0.223 e. The van der Waals surface area contributed by atoms with Crippen molar-refractivity contribution in [3.05, 3.63) is 71.5 Å². The van der Waals surface area contributed by atoms with Crippen LogP contribution < -0.4 is 14.8 Å². The van der Waals surface area contributed by atoms with Gasteiger partial charge in [0.2, 0.25) is 5.91 Å². The number of carbonyl (C=O) groups excluding carboxylic acids is 1. The summed E-state index contributed by atoms with van der Waals surface area (Å²) < 4.78 is 12.6. The van der Waals surface area contributed by atoms with Crippen LogP contribution in [0, 0.1) is 13.8 Å². The molecule has 0 bridgehead atoms. The number of carbonyl (C=O) groups is 1. The molecule has 0 atom stereocenters. The Bertz CT molecular complexity index is 932. The van der Waals surface area contributed by atoms with Gasteiger partial charge in [0.1, 0.15) is 11.5 Å². The van der Waals surface area contributed by atoms with Gasteiger partial charge in [-0.05, 0) is 67.4 Å². The summed E-state index contributed by atoms with van der Waals surface area (Å²) in [5.74, 6) is 1.52. The lowest BCUT2D eigenvalue weighted by molar-refractivity contribution is -0.121. The Morgan fingerprint density at radius 2 is 1.79 bits per heavy atom. The standard InChI is InChI=1S/C22H25N3O3/c1-16-4-7-21(14-17(16)2)28-13-11-22(26)23-15-18-10-12-25(24-18)19-5-8-20(27-3)9-6-19/h4-10,12,14H,11,13,15H2,1-3H3,(H,23,26). The van der Waals surface area contributed by atoms with Gasteiger partial charge in [0, 0.05) is 6.20 Å². The third kappa shape index (κ3) is 5.13. The second kappa shape index (κ2) is 9.08. The average Bonchev–Trinajstić information content (AvgIpc) is 3.18. The molecular formula is C22H25N3O3. The number of nitrogens with one attached hydrogen (secondary N) is 1. The van der Waals surface area contributed by atoms with E-state index in [4.69, 9.17) is 9.47 Å². The number of methoxy groups -OCH3 is 1. The van der Waals surface area contributed by atoms with E-state index < -0.39 is 0 Å². The van der Waals surface area contributed by atoms with Crippen molar-refractivity contribution in [1.82, 2.24) is 15.1 Å². The monoisotopic (exact) mass is 379 g/mol. The first-order chi connectivity index (χ1) is 13.5. The second-order valence-corrected chi connectivity index (χ2v) is 6.57. The van der Waals surface area contributed by atoms with Crippen molar-refractivity contribution in [3.63, 3.8) is 0 Å². The topological polar surface area (TPSA) is 65.4 Å². The highest BCUT2D eigenvalue weighted by Crippen LogP contribution is 2.17. The molecule has 0 fully saturated rings. The highest BCUT2D eigenvalue weighted by molar-refractivity contribution is 5.75. The smallest absolute Gasteiger partial charge is 0.223 e. The van der Waals surface area contributed by atoms with Crippen LogP contribution in [0.5, 0.6) is 11.5 Å². The van der Waals surface area contributed by atoms with Crippen molar-refractivity contribution in [2.75, 3.05) is 13.7 Å². The predicted molar refractivity (Wildman–Crippen MR) is 108 cm³/mol. The summed E-state index contributed by atoms with van der Waals surface area (Å²) in [7, 11) is 1.64. The summed E-state index contributed by atoms with van der Waals surface area (Å²) in [6.45, 7) is 4.82. The quantitative estimate of drug-likeness (QED) is 0.650. The van der Waals surface area contributed by atoms with E-state index in [9.17, 15) is 4.79 Å². The molecule has 3 rings (SSSR count). The van der Waals surface area contributed by atoms with E-state index in [0.29, 0.717) is 19.6 Å². The lowest BCUT2D eigenvalue weighted by Crippen LogP contribution is -2.24. The molecule has 1 aromatic heterocycles. The van der Waals surface area contributed by atoms with Gasteiger partial charge in [0.25, 0.3) is 0 Å². The zero-order valence-electron chi connectivity index (χ0n) is 16.4. The number of hydrogen-bond acceptors (Lipinski definition) is 4. The minimum absolute atomic E-state index is 0.0668. The van der Waals surface area contributed by atoms with Crippen LogP contribution >= 0.6 is 0 Å². The van der Waals surface area contributed by atoms with Gasteiger partial charge in [0.05, 0.1) is 38.1 Å². The maximum atomic E-state index is 12.0. The van der Waals surface area contributed by atoms with Crippen molar-refractivity contribution in [3.8, 4) is 17.2 Å². The molecule has 1 N–H and O–H groups in total. The summed E-state index contributed by atoms with van der Waals surface area (Å²) in [5, 5.41) is 7.36. The van der Waals surface area contributed by atoms with Crippen molar-refractivity contribution in [2.24, 2.45) is 0 Å². The van der Waals surface area contributed by atoms with Crippen LogP contribution in [-0.2, 0) is 11.3 Å². The molecule has 28 heavy (non-hydrogen) atoms. The van der Waals surface area contributed by atoms with E-state index in [1.165, 1.54) is 11.1 Å². The lowest BCUT2D eigenvalue weighted by Gasteiger charge is -2.08. The number of ether oxygens (including phenoxy) is 2. The molecule has 0 unspecified atom stereocenters. The molecule has 0 saturated heterocycles. The number of nitrogens with zero attached hydrogens (tertiary/aromatic N) is 2. The number of rotatable bonds is 8. The zero-order chi connectivity index (χ0) is 19.9.